The third-order valence-corrected chi connectivity index (χ3v) is 7.90. The molecule has 2 aromatic carbocycles. The molecule has 10 heteroatoms. The topological polar surface area (TPSA) is 115 Å². The number of ether oxygens (including phenoxy) is 1. The number of carbonyl (C=O) groups is 1. The van der Waals surface area contributed by atoms with Crippen LogP contribution < -0.4 is 10.0 Å². The summed E-state index contributed by atoms with van der Waals surface area (Å²) in [5, 5.41) is 11.6. The van der Waals surface area contributed by atoms with Gasteiger partial charge in [0.15, 0.2) is 5.82 Å². The molecule has 35 heavy (non-hydrogen) atoms. The van der Waals surface area contributed by atoms with Gasteiger partial charge in [-0.25, -0.2) is 13.1 Å². The average molecular weight is 496 g/mol. The van der Waals surface area contributed by atoms with E-state index in [2.05, 4.69) is 24.8 Å². The zero-order chi connectivity index (χ0) is 24.3. The maximum atomic E-state index is 12.7. The maximum Gasteiger partial charge on any atom is 0.255 e. The second kappa shape index (κ2) is 10.3. The van der Waals surface area contributed by atoms with Gasteiger partial charge in [0.25, 0.3) is 5.91 Å². The molecule has 5 rings (SSSR count). The Morgan fingerprint density at radius 2 is 1.80 bits per heavy atom. The Labute approximate surface area is 205 Å². The Balaban J connectivity index is 1.22. The average Bonchev–Trinajstić information content (AvgIpc) is 3.48. The van der Waals surface area contributed by atoms with Crippen LogP contribution in [0.5, 0.6) is 0 Å². The van der Waals surface area contributed by atoms with Crippen molar-refractivity contribution in [2.75, 3.05) is 18.5 Å². The van der Waals surface area contributed by atoms with Crippen LogP contribution in [-0.2, 0) is 27.7 Å². The molecule has 3 aromatic rings. The molecule has 2 aliphatic heterocycles. The van der Waals surface area contributed by atoms with Crippen LogP contribution in [0.3, 0.4) is 0 Å². The fourth-order valence-electron chi connectivity index (χ4n) is 4.48. The Bertz CT molecular complexity index is 1280. The number of amides is 1. The van der Waals surface area contributed by atoms with Gasteiger partial charge >= 0.3 is 0 Å². The highest BCUT2D eigenvalue weighted by atomic mass is 32.2. The monoisotopic (exact) mass is 495 g/mol. The molecule has 1 atom stereocenters. The van der Waals surface area contributed by atoms with E-state index in [1.807, 2.05) is 24.3 Å². The molecule has 1 aromatic heterocycles. The van der Waals surface area contributed by atoms with Crippen molar-refractivity contribution in [2.24, 2.45) is 0 Å². The molecular formula is C25H29N5O4S. The number of aromatic nitrogens is 3. The summed E-state index contributed by atoms with van der Waals surface area (Å²) in [5.74, 6) is 1.57. The summed E-state index contributed by atoms with van der Waals surface area (Å²) in [6.45, 7) is 1.84. The molecule has 9 nitrogen and oxygen atoms in total. The second-order valence-electron chi connectivity index (χ2n) is 8.94. The lowest BCUT2D eigenvalue weighted by atomic mass is 10.1. The third-order valence-electron chi connectivity index (χ3n) is 6.46. The van der Waals surface area contributed by atoms with Crippen molar-refractivity contribution < 1.29 is 17.9 Å². The summed E-state index contributed by atoms with van der Waals surface area (Å²) in [4.78, 5) is 12.8. The zero-order valence-electron chi connectivity index (χ0n) is 19.4. The fraction of sp³-hybridized carbons (Fsp3) is 0.400. The van der Waals surface area contributed by atoms with Crippen LogP contribution in [0.2, 0.25) is 0 Å². The normalized spacial score (nSPS) is 18.1. The van der Waals surface area contributed by atoms with Crippen molar-refractivity contribution in [1.82, 2.24) is 19.5 Å². The van der Waals surface area contributed by atoms with Gasteiger partial charge in [0.2, 0.25) is 10.0 Å². The van der Waals surface area contributed by atoms with Crippen molar-refractivity contribution >= 4 is 21.6 Å². The van der Waals surface area contributed by atoms with Crippen molar-refractivity contribution in [2.45, 2.75) is 56.1 Å². The van der Waals surface area contributed by atoms with E-state index in [0.717, 1.165) is 55.9 Å². The summed E-state index contributed by atoms with van der Waals surface area (Å²) in [5.41, 5.74) is 1.97. The lowest BCUT2D eigenvalue weighted by molar-refractivity contribution is 0.102. The van der Waals surface area contributed by atoms with Gasteiger partial charge in [-0.15, -0.1) is 10.2 Å². The second-order valence-corrected chi connectivity index (χ2v) is 10.7. The van der Waals surface area contributed by atoms with Gasteiger partial charge in [0.05, 0.1) is 11.0 Å². The maximum absolute atomic E-state index is 12.7. The largest absolute Gasteiger partial charge is 0.377 e. The van der Waals surface area contributed by atoms with Gasteiger partial charge in [-0.2, -0.15) is 0 Å². The summed E-state index contributed by atoms with van der Waals surface area (Å²) in [6.07, 6.45) is 6.13. The molecule has 2 aliphatic rings. The van der Waals surface area contributed by atoms with Crippen LogP contribution in [-0.4, -0.2) is 48.3 Å². The predicted molar refractivity (Wildman–Crippen MR) is 132 cm³/mol. The molecule has 0 radical (unpaired) electrons. The quantitative estimate of drug-likeness (QED) is 0.519. The van der Waals surface area contributed by atoms with E-state index in [4.69, 9.17) is 4.74 Å². The molecule has 1 fully saturated rings. The molecule has 1 unspecified atom stereocenters. The first-order chi connectivity index (χ1) is 17.0. The molecular weight excluding hydrogens is 466 g/mol. The summed E-state index contributed by atoms with van der Waals surface area (Å²) < 4.78 is 35.3. The van der Waals surface area contributed by atoms with E-state index in [0.29, 0.717) is 17.9 Å². The number of nitrogens with zero attached hydrogens (tertiary/aromatic N) is 3. The Morgan fingerprint density at radius 1 is 1.00 bits per heavy atom. The van der Waals surface area contributed by atoms with Gasteiger partial charge in [0, 0.05) is 42.9 Å². The standard InChI is InChI=1S/C25H29N5O4S/c31-25(19-9-13-22(14-10-19)35(32,33)26-17-21-5-4-16-34-21)27-20-11-7-18(8-12-20)24-29-28-23-6-2-1-3-15-30(23)24/h7-14,21,26H,1-6,15-17H2,(H,27,31). The predicted octanol–water partition coefficient (Wildman–Crippen LogP) is 3.38. The molecule has 1 saturated heterocycles. The van der Waals surface area contributed by atoms with Crippen LogP contribution in [0, 0.1) is 0 Å². The molecule has 184 valence electrons. The molecule has 3 heterocycles. The van der Waals surface area contributed by atoms with E-state index in [-0.39, 0.29) is 23.5 Å². The first-order valence-electron chi connectivity index (χ1n) is 12.0. The SMILES string of the molecule is O=C(Nc1ccc(-c2nnc3n2CCCCC3)cc1)c1ccc(S(=O)(=O)NCC2CCCO2)cc1. The number of rotatable bonds is 7. The van der Waals surface area contributed by atoms with Crippen LogP contribution in [0.1, 0.15) is 48.3 Å². The summed E-state index contributed by atoms with van der Waals surface area (Å²) in [7, 11) is -3.66. The van der Waals surface area contributed by atoms with E-state index in [1.54, 1.807) is 0 Å². The minimum atomic E-state index is -3.66. The summed E-state index contributed by atoms with van der Waals surface area (Å²) >= 11 is 0. The number of sulfonamides is 1. The molecule has 0 saturated carbocycles. The number of benzene rings is 2. The number of aryl methyl sites for hydroxylation is 1. The Kier molecular flexibility index (Phi) is 6.94. The Morgan fingerprint density at radius 3 is 2.54 bits per heavy atom. The van der Waals surface area contributed by atoms with Crippen LogP contribution >= 0.6 is 0 Å². The van der Waals surface area contributed by atoms with E-state index in [9.17, 15) is 13.2 Å². The van der Waals surface area contributed by atoms with Gasteiger partial charge in [0.1, 0.15) is 5.82 Å². The highest BCUT2D eigenvalue weighted by molar-refractivity contribution is 7.89. The molecule has 0 bridgehead atoms. The van der Waals surface area contributed by atoms with Crippen molar-refractivity contribution in [3.05, 3.63) is 59.9 Å². The summed E-state index contributed by atoms with van der Waals surface area (Å²) in [6, 6.07) is 13.4. The van der Waals surface area contributed by atoms with Crippen molar-refractivity contribution in [1.29, 1.82) is 0 Å². The third kappa shape index (κ3) is 5.44. The number of nitrogens with one attached hydrogen (secondary N) is 2. The van der Waals surface area contributed by atoms with E-state index >= 15 is 0 Å². The lowest BCUT2D eigenvalue weighted by Gasteiger charge is -2.12. The lowest BCUT2D eigenvalue weighted by Crippen LogP contribution is -2.31. The molecule has 0 aliphatic carbocycles. The first kappa shape index (κ1) is 23.7. The molecule has 2 N–H and O–H groups in total. The highest BCUT2D eigenvalue weighted by Gasteiger charge is 2.21. The number of anilines is 1. The van der Waals surface area contributed by atoms with Gasteiger partial charge in [-0.3, -0.25) is 4.79 Å². The van der Waals surface area contributed by atoms with Crippen LogP contribution in [0.15, 0.2) is 53.4 Å². The Hall–Kier alpha value is -3.08. The van der Waals surface area contributed by atoms with Gasteiger partial charge < -0.3 is 14.6 Å². The van der Waals surface area contributed by atoms with E-state index in [1.165, 1.54) is 30.7 Å². The number of fused-ring (bicyclic) bond motifs is 1. The van der Waals surface area contributed by atoms with E-state index < -0.39 is 10.0 Å². The van der Waals surface area contributed by atoms with Crippen LogP contribution in [0.4, 0.5) is 5.69 Å². The minimum Gasteiger partial charge on any atom is -0.377 e. The minimum absolute atomic E-state index is 0.0825. The van der Waals surface area contributed by atoms with Crippen LogP contribution in [0.25, 0.3) is 11.4 Å². The van der Waals surface area contributed by atoms with Gasteiger partial charge in [-0.1, -0.05) is 6.42 Å². The van der Waals surface area contributed by atoms with Gasteiger partial charge in [-0.05, 0) is 74.2 Å². The number of hydrogen-bond acceptors (Lipinski definition) is 6. The number of hydrogen-bond donors (Lipinski definition) is 2. The fourth-order valence-corrected chi connectivity index (χ4v) is 5.55. The first-order valence-corrected chi connectivity index (χ1v) is 13.5. The molecule has 1 amide bonds. The smallest absolute Gasteiger partial charge is 0.255 e. The molecule has 0 spiro atoms. The zero-order valence-corrected chi connectivity index (χ0v) is 20.3. The number of carbonyl (C=O) groups excluding carboxylic acids is 1. The highest BCUT2D eigenvalue weighted by Crippen LogP contribution is 2.24. The van der Waals surface area contributed by atoms with Crippen molar-refractivity contribution in [3.8, 4) is 11.4 Å². The van der Waals surface area contributed by atoms with Crippen molar-refractivity contribution in [3.63, 3.8) is 0 Å².